The Morgan fingerprint density at radius 3 is 2.52 bits per heavy atom. The van der Waals surface area contributed by atoms with E-state index in [0.717, 1.165) is 51.6 Å². The van der Waals surface area contributed by atoms with Gasteiger partial charge in [0.15, 0.2) is 14.1 Å². The molecule has 0 aromatic heterocycles. The standard InChI is InChI=1S/C24H48O4Si/c1-19(18-25)12-13-21-10-8-15-24(27-21)16-14-20(2)22(28-24)11-9-17-26-29(6,7)23(3,4)5/h19-22,25H,8-18H2,1-7H3/t19-,20?,21-,22+,24-/m0/s1. The average Bonchev–Trinajstić information content (AvgIpc) is 2.65. The van der Waals surface area contributed by atoms with Crippen molar-refractivity contribution in [2.24, 2.45) is 11.8 Å². The fraction of sp³-hybridized carbons (Fsp3) is 1.00. The summed E-state index contributed by atoms with van der Waals surface area (Å²) < 4.78 is 19.6. The van der Waals surface area contributed by atoms with Gasteiger partial charge in [-0.25, -0.2) is 0 Å². The van der Waals surface area contributed by atoms with Crippen molar-refractivity contribution in [3.63, 3.8) is 0 Å². The lowest BCUT2D eigenvalue weighted by Crippen LogP contribution is -2.50. The monoisotopic (exact) mass is 428 g/mol. The summed E-state index contributed by atoms with van der Waals surface area (Å²) in [7, 11) is -1.66. The topological polar surface area (TPSA) is 47.9 Å². The first-order valence-corrected chi connectivity index (χ1v) is 15.0. The Morgan fingerprint density at radius 1 is 1.14 bits per heavy atom. The van der Waals surface area contributed by atoms with Crippen molar-refractivity contribution in [1.82, 2.24) is 0 Å². The number of ether oxygens (including phenoxy) is 2. The molecule has 1 unspecified atom stereocenters. The predicted octanol–water partition coefficient (Wildman–Crippen LogP) is 6.28. The second kappa shape index (κ2) is 10.6. The molecule has 1 spiro atoms. The highest BCUT2D eigenvalue weighted by atomic mass is 28.4. The van der Waals surface area contributed by atoms with Gasteiger partial charge in [-0.05, 0) is 74.9 Å². The van der Waals surface area contributed by atoms with E-state index in [1.165, 1.54) is 12.8 Å². The normalized spacial score (nSPS) is 32.5. The summed E-state index contributed by atoms with van der Waals surface area (Å²) in [6.07, 6.45) is 10.3. The molecule has 0 aliphatic carbocycles. The van der Waals surface area contributed by atoms with E-state index < -0.39 is 8.32 Å². The summed E-state index contributed by atoms with van der Waals surface area (Å²) in [5.41, 5.74) is 0. The zero-order valence-electron chi connectivity index (χ0n) is 20.3. The van der Waals surface area contributed by atoms with E-state index in [9.17, 15) is 5.11 Å². The second-order valence-corrected chi connectivity index (χ2v) is 16.1. The first-order chi connectivity index (χ1) is 13.5. The predicted molar refractivity (Wildman–Crippen MR) is 123 cm³/mol. The lowest BCUT2D eigenvalue weighted by atomic mass is 9.85. The Morgan fingerprint density at radius 2 is 1.86 bits per heavy atom. The molecule has 5 atom stereocenters. The fourth-order valence-corrected chi connectivity index (χ4v) is 5.40. The number of aliphatic hydroxyl groups is 1. The molecule has 172 valence electrons. The van der Waals surface area contributed by atoms with Gasteiger partial charge in [0.1, 0.15) is 0 Å². The molecule has 0 aromatic rings. The Kier molecular flexibility index (Phi) is 9.24. The number of rotatable bonds is 9. The first kappa shape index (κ1) is 25.3. The van der Waals surface area contributed by atoms with E-state index in [1.54, 1.807) is 0 Å². The van der Waals surface area contributed by atoms with Crippen LogP contribution >= 0.6 is 0 Å². The molecule has 2 aliphatic rings. The first-order valence-electron chi connectivity index (χ1n) is 12.1. The molecule has 2 saturated heterocycles. The maximum Gasteiger partial charge on any atom is 0.191 e. The van der Waals surface area contributed by atoms with Crippen molar-refractivity contribution in [2.75, 3.05) is 13.2 Å². The van der Waals surface area contributed by atoms with Crippen LogP contribution in [0.2, 0.25) is 18.1 Å². The van der Waals surface area contributed by atoms with Crippen LogP contribution in [0.25, 0.3) is 0 Å². The minimum atomic E-state index is -1.66. The minimum Gasteiger partial charge on any atom is -0.417 e. The Labute approximate surface area is 181 Å². The van der Waals surface area contributed by atoms with Crippen molar-refractivity contribution in [1.29, 1.82) is 0 Å². The van der Waals surface area contributed by atoms with Crippen molar-refractivity contribution >= 4 is 8.32 Å². The fourth-order valence-electron chi connectivity index (χ4n) is 4.31. The minimum absolute atomic E-state index is 0.268. The molecule has 1 N–H and O–H groups in total. The van der Waals surface area contributed by atoms with Gasteiger partial charge in [0.05, 0.1) is 12.2 Å². The average molecular weight is 429 g/mol. The molecular formula is C24H48O4Si. The van der Waals surface area contributed by atoms with Crippen molar-refractivity contribution in [3.8, 4) is 0 Å². The Bertz CT molecular complexity index is 490. The van der Waals surface area contributed by atoms with Gasteiger partial charge in [-0.15, -0.1) is 0 Å². The SMILES string of the molecule is CC1CC[C@]2(CCC[C@@H](CC[C@H](C)CO)O2)O[C@@H]1CCCO[Si](C)(C)C(C)(C)C. The number of aliphatic hydroxyl groups excluding tert-OH is 1. The van der Waals surface area contributed by atoms with Gasteiger partial charge in [0.2, 0.25) is 0 Å². The van der Waals surface area contributed by atoms with Crippen LogP contribution in [0.3, 0.4) is 0 Å². The Hall–Kier alpha value is 0.0569. The van der Waals surface area contributed by atoms with Gasteiger partial charge < -0.3 is 19.0 Å². The highest BCUT2D eigenvalue weighted by Gasteiger charge is 2.44. The van der Waals surface area contributed by atoms with Crippen molar-refractivity contribution in [3.05, 3.63) is 0 Å². The summed E-state index contributed by atoms with van der Waals surface area (Å²) in [6, 6.07) is 0. The molecule has 2 rings (SSSR count). The van der Waals surface area contributed by atoms with Crippen LogP contribution in [0.1, 0.15) is 92.4 Å². The molecule has 0 bridgehead atoms. The van der Waals surface area contributed by atoms with E-state index in [0.29, 0.717) is 11.8 Å². The number of hydrogen-bond acceptors (Lipinski definition) is 4. The van der Waals surface area contributed by atoms with E-state index in [-0.39, 0.29) is 29.6 Å². The summed E-state index contributed by atoms with van der Waals surface area (Å²) in [5, 5.41) is 9.56. The third-order valence-corrected chi connectivity index (χ3v) is 12.2. The van der Waals surface area contributed by atoms with Gasteiger partial charge in [-0.1, -0.05) is 34.6 Å². The number of hydrogen-bond donors (Lipinski definition) is 1. The molecule has 2 fully saturated rings. The molecule has 0 saturated carbocycles. The molecule has 4 nitrogen and oxygen atoms in total. The Balaban J connectivity index is 1.83. The molecule has 29 heavy (non-hydrogen) atoms. The lowest BCUT2D eigenvalue weighted by molar-refractivity contribution is -0.324. The van der Waals surface area contributed by atoms with E-state index in [4.69, 9.17) is 13.9 Å². The van der Waals surface area contributed by atoms with Crippen LogP contribution in [-0.2, 0) is 13.9 Å². The van der Waals surface area contributed by atoms with Crippen LogP contribution in [0.5, 0.6) is 0 Å². The molecule has 0 amide bonds. The molecule has 0 aromatic carbocycles. The zero-order valence-corrected chi connectivity index (χ0v) is 21.3. The third-order valence-electron chi connectivity index (χ3n) is 7.64. The maximum absolute atomic E-state index is 9.29. The van der Waals surface area contributed by atoms with E-state index in [1.807, 2.05) is 0 Å². The second-order valence-electron chi connectivity index (χ2n) is 11.3. The van der Waals surface area contributed by atoms with Gasteiger partial charge in [-0.3, -0.25) is 0 Å². The van der Waals surface area contributed by atoms with Crippen molar-refractivity contribution in [2.45, 2.75) is 129 Å². The summed E-state index contributed by atoms with van der Waals surface area (Å²) in [6.45, 7) is 17.1. The van der Waals surface area contributed by atoms with Gasteiger partial charge in [-0.2, -0.15) is 0 Å². The zero-order chi connectivity index (χ0) is 21.7. The maximum atomic E-state index is 9.29. The van der Waals surface area contributed by atoms with Crippen LogP contribution in [-0.4, -0.2) is 44.6 Å². The van der Waals surface area contributed by atoms with E-state index >= 15 is 0 Å². The van der Waals surface area contributed by atoms with Crippen LogP contribution in [0.15, 0.2) is 0 Å². The van der Waals surface area contributed by atoms with Gasteiger partial charge in [0, 0.05) is 26.1 Å². The summed E-state index contributed by atoms with van der Waals surface area (Å²) in [4.78, 5) is 0. The highest BCUT2D eigenvalue weighted by Crippen LogP contribution is 2.43. The summed E-state index contributed by atoms with van der Waals surface area (Å²) in [5.74, 6) is 0.590. The highest BCUT2D eigenvalue weighted by molar-refractivity contribution is 6.74. The van der Waals surface area contributed by atoms with E-state index in [2.05, 4.69) is 47.7 Å². The molecule has 0 radical (unpaired) electrons. The van der Waals surface area contributed by atoms with Crippen LogP contribution in [0.4, 0.5) is 0 Å². The third kappa shape index (κ3) is 7.31. The van der Waals surface area contributed by atoms with Crippen molar-refractivity contribution < 1.29 is 19.0 Å². The van der Waals surface area contributed by atoms with Gasteiger partial charge >= 0.3 is 0 Å². The molecule has 5 heteroatoms. The van der Waals surface area contributed by atoms with Crippen LogP contribution < -0.4 is 0 Å². The molecule has 2 heterocycles. The summed E-state index contributed by atoms with van der Waals surface area (Å²) >= 11 is 0. The lowest BCUT2D eigenvalue weighted by Gasteiger charge is -2.48. The van der Waals surface area contributed by atoms with Crippen LogP contribution in [0, 0.1) is 11.8 Å². The quantitative estimate of drug-likeness (QED) is 0.347. The van der Waals surface area contributed by atoms with Gasteiger partial charge in [0.25, 0.3) is 0 Å². The molecule has 2 aliphatic heterocycles. The largest absolute Gasteiger partial charge is 0.417 e. The smallest absolute Gasteiger partial charge is 0.191 e. The molecular weight excluding hydrogens is 380 g/mol.